The molecule has 292 valence electrons. The highest BCUT2D eigenvalue weighted by molar-refractivity contribution is 5.91. The van der Waals surface area contributed by atoms with Gasteiger partial charge in [-0.25, -0.2) is 19.2 Å². The van der Waals surface area contributed by atoms with Crippen LogP contribution in [0.1, 0.15) is 53.9 Å². The summed E-state index contributed by atoms with van der Waals surface area (Å²) in [7, 11) is 0. The van der Waals surface area contributed by atoms with Crippen LogP contribution in [-0.2, 0) is 25.4 Å². The monoisotopic (exact) mass is 752 g/mol. The molecular weight excluding hydrogens is 704 g/mol. The molecule has 4 aromatic rings. The second-order valence-electron chi connectivity index (χ2n) is 10.4. The number of para-hydroxylation sites is 1. The van der Waals surface area contributed by atoms with Crippen LogP contribution in [0.5, 0.6) is 5.75 Å². The average molecular weight is 753 g/mol. The summed E-state index contributed by atoms with van der Waals surface area (Å²) in [6.45, 7) is 4.52. The van der Waals surface area contributed by atoms with Gasteiger partial charge in [0.05, 0.1) is 69.5 Å². The lowest BCUT2D eigenvalue weighted by Crippen LogP contribution is -2.15. The molecule has 0 fully saturated rings. The van der Waals surface area contributed by atoms with Crippen LogP contribution in [0.25, 0.3) is 0 Å². The van der Waals surface area contributed by atoms with E-state index in [2.05, 4.69) is 0 Å². The van der Waals surface area contributed by atoms with Crippen LogP contribution >= 0.6 is 0 Å². The molecule has 0 amide bonds. The molecule has 4 aromatic carbocycles. The van der Waals surface area contributed by atoms with E-state index in [9.17, 15) is 24.3 Å². The fourth-order valence-electron chi connectivity index (χ4n) is 3.97. The maximum absolute atomic E-state index is 11.7. The lowest BCUT2D eigenvalue weighted by molar-refractivity contribution is 0.0222. The molecule has 0 spiro atoms. The standard InChI is InChI=1S/C20H22O6.2C7H6O2.C6H14O4/c1-2-15-9-6-10-17(19(21)22)18(15)25-13-11-24-12-14-26-20(23)16-7-4-3-5-8-16;2*8-7(9)6-4-2-1-3-5-6;7-1-3-9-5-6-10-4-2-8/h3-10H,2,11-14H2,1H3,(H,21,22);2*1-5H,(H,8,9);7-8H,1-6H2. The minimum Gasteiger partial charge on any atom is -0.490 e. The number of aryl methyl sites for hydroxylation is 1. The number of carbonyl (C=O) groups is 4. The van der Waals surface area contributed by atoms with Crippen molar-refractivity contribution in [2.45, 2.75) is 13.3 Å². The van der Waals surface area contributed by atoms with Crippen molar-refractivity contribution in [3.05, 3.63) is 137 Å². The second-order valence-corrected chi connectivity index (χ2v) is 10.4. The highest BCUT2D eigenvalue weighted by atomic mass is 16.6. The summed E-state index contributed by atoms with van der Waals surface area (Å²) in [5.41, 5.74) is 2.13. The molecule has 0 heterocycles. The van der Waals surface area contributed by atoms with Gasteiger partial charge in [-0.05, 0) is 54.4 Å². The van der Waals surface area contributed by atoms with Crippen LogP contribution in [0.4, 0.5) is 0 Å². The summed E-state index contributed by atoms with van der Waals surface area (Å²) in [4.78, 5) is 43.4. The fraction of sp³-hybridized carbons (Fsp3) is 0.300. The highest BCUT2D eigenvalue weighted by Crippen LogP contribution is 2.24. The van der Waals surface area contributed by atoms with Gasteiger partial charge in [-0.2, -0.15) is 0 Å². The first-order valence-electron chi connectivity index (χ1n) is 16.9. The zero-order valence-corrected chi connectivity index (χ0v) is 30.1. The van der Waals surface area contributed by atoms with Crippen LogP contribution in [-0.4, -0.2) is 115 Å². The fourth-order valence-corrected chi connectivity index (χ4v) is 3.97. The molecule has 0 aliphatic rings. The number of carboxylic acids is 3. The van der Waals surface area contributed by atoms with Crippen molar-refractivity contribution in [3.63, 3.8) is 0 Å². The zero-order valence-electron chi connectivity index (χ0n) is 30.1. The lowest BCUT2D eigenvalue weighted by atomic mass is 10.1. The maximum Gasteiger partial charge on any atom is 0.339 e. The van der Waals surface area contributed by atoms with E-state index in [1.54, 1.807) is 91.0 Å². The first-order chi connectivity index (χ1) is 26.2. The van der Waals surface area contributed by atoms with Gasteiger partial charge in [-0.1, -0.05) is 73.7 Å². The Morgan fingerprint density at radius 3 is 1.31 bits per heavy atom. The van der Waals surface area contributed by atoms with Crippen LogP contribution < -0.4 is 4.74 Å². The van der Waals surface area contributed by atoms with E-state index in [1.165, 1.54) is 6.07 Å². The van der Waals surface area contributed by atoms with Crippen molar-refractivity contribution in [1.82, 2.24) is 0 Å². The number of aliphatic hydroxyl groups excluding tert-OH is 2. The summed E-state index contributed by atoms with van der Waals surface area (Å²) >= 11 is 0. The van der Waals surface area contributed by atoms with Gasteiger partial charge in [0, 0.05) is 0 Å². The molecule has 0 atom stereocenters. The molecule has 0 bridgehead atoms. The third-order valence-corrected chi connectivity index (χ3v) is 6.54. The predicted molar refractivity (Wildman–Crippen MR) is 198 cm³/mol. The number of hydrogen-bond donors (Lipinski definition) is 5. The summed E-state index contributed by atoms with van der Waals surface area (Å²) in [6.07, 6.45) is 0.673. The van der Waals surface area contributed by atoms with E-state index >= 15 is 0 Å². The number of aromatic carboxylic acids is 3. The van der Waals surface area contributed by atoms with E-state index in [1.807, 2.05) is 19.1 Å². The van der Waals surface area contributed by atoms with Gasteiger partial charge in [0.2, 0.25) is 0 Å². The molecule has 0 unspecified atom stereocenters. The molecule has 0 radical (unpaired) electrons. The Labute approximate surface area is 314 Å². The van der Waals surface area contributed by atoms with Crippen molar-refractivity contribution in [2.75, 3.05) is 66.1 Å². The van der Waals surface area contributed by atoms with E-state index < -0.39 is 23.9 Å². The number of carboxylic acid groups (broad SMARTS) is 3. The average Bonchev–Trinajstić information content (AvgIpc) is 3.20. The quantitative estimate of drug-likeness (QED) is 0.0632. The molecule has 0 aliphatic carbocycles. The maximum atomic E-state index is 11.7. The molecule has 4 rings (SSSR count). The van der Waals surface area contributed by atoms with Crippen LogP contribution in [0.2, 0.25) is 0 Å². The summed E-state index contributed by atoms with van der Waals surface area (Å²) in [6, 6.07) is 30.4. The van der Waals surface area contributed by atoms with Gasteiger partial charge < -0.3 is 49.2 Å². The van der Waals surface area contributed by atoms with Crippen molar-refractivity contribution < 1.29 is 68.4 Å². The minimum absolute atomic E-state index is 0.0417. The summed E-state index contributed by atoms with van der Waals surface area (Å²) in [5, 5.41) is 42.5. The zero-order chi connectivity index (χ0) is 39.8. The van der Waals surface area contributed by atoms with Gasteiger partial charge >= 0.3 is 23.9 Å². The number of rotatable bonds is 19. The number of esters is 1. The molecule has 14 nitrogen and oxygen atoms in total. The van der Waals surface area contributed by atoms with Crippen LogP contribution in [0, 0.1) is 0 Å². The van der Waals surface area contributed by atoms with Gasteiger partial charge in [0.15, 0.2) is 0 Å². The molecule has 0 aliphatic heterocycles. The normalized spacial score (nSPS) is 9.83. The molecule has 54 heavy (non-hydrogen) atoms. The third kappa shape index (κ3) is 21.0. The summed E-state index contributed by atoms with van der Waals surface area (Å²) in [5.74, 6) is -2.80. The van der Waals surface area contributed by atoms with Gasteiger partial charge in [-0.15, -0.1) is 0 Å². The number of benzene rings is 4. The lowest BCUT2D eigenvalue weighted by Gasteiger charge is -2.13. The third-order valence-electron chi connectivity index (χ3n) is 6.54. The van der Waals surface area contributed by atoms with Crippen LogP contribution in [0.3, 0.4) is 0 Å². The number of aliphatic hydroxyl groups is 2. The Balaban J connectivity index is 0.000000424. The van der Waals surface area contributed by atoms with Gasteiger partial charge in [0.25, 0.3) is 0 Å². The molecule has 14 heteroatoms. The van der Waals surface area contributed by atoms with E-state index in [0.717, 1.165) is 5.56 Å². The Hall–Kier alpha value is -5.64. The minimum atomic E-state index is -1.02. The first-order valence-corrected chi connectivity index (χ1v) is 16.9. The van der Waals surface area contributed by atoms with Crippen LogP contribution in [0.15, 0.2) is 109 Å². The predicted octanol–water partition coefficient (Wildman–Crippen LogP) is 4.97. The topological polar surface area (TPSA) is 216 Å². The van der Waals surface area contributed by atoms with Gasteiger partial charge in [-0.3, -0.25) is 0 Å². The number of ether oxygens (including phenoxy) is 5. The second kappa shape index (κ2) is 29.9. The van der Waals surface area contributed by atoms with E-state index in [0.29, 0.717) is 55.3 Å². The van der Waals surface area contributed by atoms with Crippen molar-refractivity contribution in [2.24, 2.45) is 0 Å². The summed E-state index contributed by atoms with van der Waals surface area (Å²) < 4.78 is 25.8. The van der Waals surface area contributed by atoms with Gasteiger partial charge in [0.1, 0.15) is 24.5 Å². The SMILES string of the molecule is CCc1cccc(C(=O)O)c1OCCOCCOC(=O)c1ccccc1.O=C(O)c1ccccc1.O=C(O)c1ccccc1.OCCOCCOCCO. The largest absolute Gasteiger partial charge is 0.490 e. The van der Waals surface area contributed by atoms with Crippen molar-refractivity contribution in [1.29, 1.82) is 0 Å². The molecule has 0 saturated carbocycles. The smallest absolute Gasteiger partial charge is 0.339 e. The van der Waals surface area contributed by atoms with Crippen molar-refractivity contribution in [3.8, 4) is 5.75 Å². The Morgan fingerprint density at radius 1 is 0.481 bits per heavy atom. The van der Waals surface area contributed by atoms with Crippen molar-refractivity contribution >= 4 is 23.9 Å². The Morgan fingerprint density at radius 2 is 0.907 bits per heavy atom. The molecule has 0 saturated heterocycles. The highest BCUT2D eigenvalue weighted by Gasteiger charge is 2.14. The number of hydrogen-bond acceptors (Lipinski definition) is 11. The molecule has 5 N–H and O–H groups in total. The Bertz CT molecular complexity index is 1540. The molecule has 0 aromatic heterocycles. The number of carbonyl (C=O) groups excluding carboxylic acids is 1. The first kappa shape index (κ1) is 46.4. The van der Waals surface area contributed by atoms with E-state index in [-0.39, 0.29) is 45.2 Å². The Kier molecular flexibility index (Phi) is 25.7. The van der Waals surface area contributed by atoms with E-state index in [4.69, 9.17) is 44.1 Å². The molecular formula is C40H48O14.